The molecule has 2 heterocycles. The summed E-state index contributed by atoms with van der Waals surface area (Å²) in [4.78, 5) is 7.29. The van der Waals surface area contributed by atoms with Gasteiger partial charge < -0.3 is 9.72 Å². The molecule has 0 fully saturated rings. The highest BCUT2D eigenvalue weighted by atomic mass is 79.9. The maximum Gasteiger partial charge on any atom is 0.238 e. The van der Waals surface area contributed by atoms with Crippen LogP contribution in [0, 0.1) is 0 Å². The SMILES string of the molecule is COC1=NC=C(Br)C=Cc2cc[nH]c21. The van der Waals surface area contributed by atoms with Crippen LogP contribution in [-0.4, -0.2) is 18.0 Å². The molecule has 1 aromatic heterocycles. The number of fused-ring (bicyclic) bond motifs is 1. The monoisotopic (exact) mass is 252 g/mol. The summed E-state index contributed by atoms with van der Waals surface area (Å²) in [5, 5.41) is 0. The van der Waals surface area contributed by atoms with Gasteiger partial charge in [0, 0.05) is 22.4 Å². The summed E-state index contributed by atoms with van der Waals surface area (Å²) in [5.41, 5.74) is 1.97. The summed E-state index contributed by atoms with van der Waals surface area (Å²) >= 11 is 3.37. The van der Waals surface area contributed by atoms with Crippen molar-refractivity contribution in [2.24, 2.45) is 4.99 Å². The lowest BCUT2D eigenvalue weighted by atomic mass is 10.2. The molecule has 4 heteroatoms. The van der Waals surface area contributed by atoms with Crippen molar-refractivity contribution < 1.29 is 4.74 Å². The van der Waals surface area contributed by atoms with E-state index in [2.05, 4.69) is 25.9 Å². The maximum absolute atomic E-state index is 5.18. The fraction of sp³-hybridized carbons (Fsp3) is 0.100. The van der Waals surface area contributed by atoms with Gasteiger partial charge in [0.05, 0.1) is 7.11 Å². The molecule has 1 aliphatic heterocycles. The van der Waals surface area contributed by atoms with Gasteiger partial charge in [-0.25, -0.2) is 4.99 Å². The molecular weight excluding hydrogens is 244 g/mol. The molecular formula is C10H9BrN2O. The quantitative estimate of drug-likeness (QED) is 0.758. The van der Waals surface area contributed by atoms with Crippen LogP contribution in [-0.2, 0) is 4.74 Å². The lowest BCUT2D eigenvalue weighted by Crippen LogP contribution is -2.05. The zero-order chi connectivity index (χ0) is 9.97. The van der Waals surface area contributed by atoms with E-state index in [1.165, 1.54) is 0 Å². The molecule has 0 atom stereocenters. The van der Waals surface area contributed by atoms with Crippen LogP contribution < -0.4 is 0 Å². The molecule has 1 aliphatic rings. The highest BCUT2D eigenvalue weighted by Crippen LogP contribution is 2.17. The number of nitrogens with zero attached hydrogens (tertiary/aromatic N) is 1. The Labute approximate surface area is 90.3 Å². The van der Waals surface area contributed by atoms with Crippen molar-refractivity contribution >= 4 is 27.9 Å². The van der Waals surface area contributed by atoms with Gasteiger partial charge >= 0.3 is 0 Å². The van der Waals surface area contributed by atoms with Crippen molar-refractivity contribution in [3.05, 3.63) is 40.3 Å². The summed E-state index contributed by atoms with van der Waals surface area (Å²) in [5.74, 6) is 0.589. The van der Waals surface area contributed by atoms with Crippen LogP contribution in [0.5, 0.6) is 0 Å². The van der Waals surface area contributed by atoms with Crippen molar-refractivity contribution in [1.29, 1.82) is 0 Å². The molecule has 14 heavy (non-hydrogen) atoms. The van der Waals surface area contributed by atoms with Crippen molar-refractivity contribution in [3.63, 3.8) is 0 Å². The number of rotatable bonds is 0. The summed E-state index contributed by atoms with van der Waals surface area (Å²) in [6, 6.07) is 1.98. The Morgan fingerprint density at radius 1 is 1.43 bits per heavy atom. The maximum atomic E-state index is 5.18. The first-order valence-corrected chi connectivity index (χ1v) is 4.94. The predicted molar refractivity (Wildman–Crippen MR) is 60.4 cm³/mol. The highest BCUT2D eigenvalue weighted by molar-refractivity contribution is 9.11. The minimum absolute atomic E-state index is 0.589. The summed E-state index contributed by atoms with van der Waals surface area (Å²) < 4.78 is 6.09. The van der Waals surface area contributed by atoms with E-state index in [4.69, 9.17) is 4.74 Å². The van der Waals surface area contributed by atoms with E-state index in [9.17, 15) is 0 Å². The van der Waals surface area contributed by atoms with Crippen LogP contribution in [0.2, 0.25) is 0 Å². The molecule has 1 N–H and O–H groups in total. The van der Waals surface area contributed by atoms with E-state index in [0.29, 0.717) is 5.90 Å². The van der Waals surface area contributed by atoms with Crippen molar-refractivity contribution in [2.75, 3.05) is 7.11 Å². The molecule has 0 aromatic carbocycles. The molecule has 0 spiro atoms. The first-order chi connectivity index (χ1) is 6.81. The number of aromatic amines is 1. The molecule has 0 unspecified atom stereocenters. The number of hydrogen-bond acceptors (Lipinski definition) is 2. The fourth-order valence-corrected chi connectivity index (χ4v) is 1.49. The molecule has 0 aliphatic carbocycles. The Morgan fingerprint density at radius 2 is 2.29 bits per heavy atom. The Morgan fingerprint density at radius 3 is 3.07 bits per heavy atom. The minimum Gasteiger partial charge on any atom is -0.479 e. The van der Waals surface area contributed by atoms with Crippen molar-refractivity contribution in [3.8, 4) is 0 Å². The summed E-state index contributed by atoms with van der Waals surface area (Å²) in [6.45, 7) is 0. The van der Waals surface area contributed by atoms with Gasteiger partial charge in [-0.2, -0.15) is 0 Å². The number of aliphatic imine (C=N–C) groups is 1. The molecule has 72 valence electrons. The molecule has 0 saturated carbocycles. The molecule has 3 nitrogen and oxygen atoms in total. The molecule has 1 aromatic rings. The second kappa shape index (κ2) is 3.84. The normalized spacial score (nSPS) is 15.0. The zero-order valence-corrected chi connectivity index (χ0v) is 9.21. The van der Waals surface area contributed by atoms with Gasteiger partial charge in [-0.05, 0) is 28.1 Å². The van der Waals surface area contributed by atoms with E-state index in [0.717, 1.165) is 15.7 Å². The molecule has 0 saturated heterocycles. The van der Waals surface area contributed by atoms with Crippen LogP contribution in [0.25, 0.3) is 6.08 Å². The van der Waals surface area contributed by atoms with E-state index in [1.807, 2.05) is 24.4 Å². The topological polar surface area (TPSA) is 37.4 Å². The van der Waals surface area contributed by atoms with Crippen LogP contribution in [0.15, 0.2) is 34.0 Å². The summed E-state index contributed by atoms with van der Waals surface area (Å²) in [7, 11) is 1.61. The van der Waals surface area contributed by atoms with E-state index >= 15 is 0 Å². The molecule has 0 bridgehead atoms. The number of allylic oxidation sites excluding steroid dienone is 2. The van der Waals surface area contributed by atoms with Crippen LogP contribution in [0.1, 0.15) is 11.3 Å². The lowest BCUT2D eigenvalue weighted by Gasteiger charge is -2.05. The molecule has 0 radical (unpaired) electrons. The summed E-state index contributed by atoms with van der Waals surface area (Å²) in [6.07, 6.45) is 7.52. The number of hydrogen-bond donors (Lipinski definition) is 1. The second-order valence-electron chi connectivity index (χ2n) is 2.79. The zero-order valence-electron chi connectivity index (χ0n) is 7.62. The van der Waals surface area contributed by atoms with Gasteiger partial charge in [0.1, 0.15) is 5.69 Å². The number of nitrogens with one attached hydrogen (secondary N) is 1. The van der Waals surface area contributed by atoms with E-state index < -0.39 is 0 Å². The predicted octanol–water partition coefficient (Wildman–Crippen LogP) is 2.67. The Kier molecular flexibility index (Phi) is 2.54. The highest BCUT2D eigenvalue weighted by Gasteiger charge is 2.09. The lowest BCUT2D eigenvalue weighted by molar-refractivity contribution is 0.403. The Bertz CT molecular complexity index is 429. The first-order valence-electron chi connectivity index (χ1n) is 4.14. The van der Waals surface area contributed by atoms with Gasteiger partial charge in [0.25, 0.3) is 0 Å². The van der Waals surface area contributed by atoms with Gasteiger partial charge in [0.15, 0.2) is 0 Å². The standard InChI is InChI=1S/C10H9BrN2O/c1-14-10-9-7(4-5-12-9)2-3-8(11)6-13-10/h2-6,12H,1H3. The largest absolute Gasteiger partial charge is 0.479 e. The Balaban J connectivity index is 2.54. The number of methoxy groups -OCH3 is 1. The van der Waals surface area contributed by atoms with Crippen LogP contribution in [0.3, 0.4) is 0 Å². The van der Waals surface area contributed by atoms with Gasteiger partial charge in [-0.3, -0.25) is 0 Å². The van der Waals surface area contributed by atoms with E-state index in [-0.39, 0.29) is 0 Å². The average Bonchev–Trinajstić information content (AvgIpc) is 2.61. The number of aromatic nitrogens is 1. The Hall–Kier alpha value is -1.29. The van der Waals surface area contributed by atoms with Crippen LogP contribution in [0.4, 0.5) is 0 Å². The average molecular weight is 253 g/mol. The molecule has 0 amide bonds. The van der Waals surface area contributed by atoms with Crippen molar-refractivity contribution in [2.45, 2.75) is 0 Å². The number of halogens is 1. The smallest absolute Gasteiger partial charge is 0.238 e. The third kappa shape index (κ3) is 1.65. The van der Waals surface area contributed by atoms with Gasteiger partial charge in [-0.15, -0.1) is 0 Å². The third-order valence-corrected chi connectivity index (χ3v) is 2.38. The van der Waals surface area contributed by atoms with Crippen LogP contribution >= 0.6 is 15.9 Å². The van der Waals surface area contributed by atoms with Gasteiger partial charge in [0.2, 0.25) is 5.90 Å². The third-order valence-electron chi connectivity index (χ3n) is 1.91. The molecule has 2 rings (SSSR count). The fourth-order valence-electron chi connectivity index (χ4n) is 1.26. The van der Waals surface area contributed by atoms with Gasteiger partial charge in [-0.1, -0.05) is 6.08 Å². The number of H-pyrrole nitrogens is 1. The first kappa shape index (κ1) is 9.27. The minimum atomic E-state index is 0.589. The number of ether oxygens (including phenoxy) is 1. The second-order valence-corrected chi connectivity index (χ2v) is 3.71. The van der Waals surface area contributed by atoms with E-state index in [1.54, 1.807) is 13.3 Å². The van der Waals surface area contributed by atoms with Crippen molar-refractivity contribution in [1.82, 2.24) is 4.98 Å².